The van der Waals surface area contributed by atoms with Gasteiger partial charge in [0.1, 0.15) is 0 Å². The SMILES string of the molecule is Cl.[Hf][O]C(C1=CC=CC1)C1=CC=CC1. The molecule has 0 fully saturated rings. The van der Waals surface area contributed by atoms with Gasteiger partial charge < -0.3 is 0 Å². The van der Waals surface area contributed by atoms with Crippen molar-refractivity contribution in [3.05, 3.63) is 47.6 Å². The van der Waals surface area contributed by atoms with Crippen LogP contribution in [0.5, 0.6) is 0 Å². The summed E-state index contributed by atoms with van der Waals surface area (Å²) in [5.41, 5.74) is 2.81. The topological polar surface area (TPSA) is 9.23 Å². The molecule has 0 atom stereocenters. The first kappa shape index (κ1) is 12.2. The van der Waals surface area contributed by atoms with Crippen molar-refractivity contribution in [2.75, 3.05) is 0 Å². The fourth-order valence-electron chi connectivity index (χ4n) is 1.71. The van der Waals surface area contributed by atoms with E-state index in [1.165, 1.54) is 11.1 Å². The van der Waals surface area contributed by atoms with Crippen LogP contribution in [0.25, 0.3) is 0 Å². The van der Waals surface area contributed by atoms with Gasteiger partial charge in [0.25, 0.3) is 0 Å². The van der Waals surface area contributed by atoms with E-state index in [1.807, 2.05) is 0 Å². The molecule has 0 aromatic carbocycles. The number of allylic oxidation sites excluding steroid dienone is 6. The van der Waals surface area contributed by atoms with Gasteiger partial charge in [-0.2, -0.15) is 0 Å². The first-order chi connectivity index (χ1) is 6.42. The quantitative estimate of drug-likeness (QED) is 0.691. The van der Waals surface area contributed by atoms with Gasteiger partial charge in [0.05, 0.1) is 0 Å². The number of hydrogen-bond donors (Lipinski definition) is 0. The van der Waals surface area contributed by atoms with E-state index in [2.05, 4.69) is 36.5 Å². The van der Waals surface area contributed by atoms with Gasteiger partial charge in [-0.1, -0.05) is 0 Å². The molecule has 0 aromatic heterocycles. The normalized spacial score (nSPS) is 18.3. The van der Waals surface area contributed by atoms with Gasteiger partial charge in [0.15, 0.2) is 0 Å². The number of rotatable bonds is 3. The van der Waals surface area contributed by atoms with Gasteiger partial charge in [-0.25, -0.2) is 0 Å². The molecule has 14 heavy (non-hydrogen) atoms. The standard InChI is InChI=1S/C11H11O.ClH.Hf/c12-11(9-5-1-2-6-9)10-7-3-4-8-10;;/h1-5,7,11H,6,8H2;1H;/q-1;;+1. The number of hydrogen-bond acceptors (Lipinski definition) is 1. The van der Waals surface area contributed by atoms with Crippen molar-refractivity contribution >= 4 is 12.4 Å². The summed E-state index contributed by atoms with van der Waals surface area (Å²) in [5, 5.41) is 0. The molecule has 0 bridgehead atoms. The second-order valence-electron chi connectivity index (χ2n) is 3.25. The van der Waals surface area contributed by atoms with Crippen LogP contribution in [0.2, 0.25) is 0 Å². The minimum atomic E-state index is 0. The zero-order valence-electron chi connectivity index (χ0n) is 7.77. The molecule has 0 aromatic rings. The van der Waals surface area contributed by atoms with Crippen LogP contribution in [0.1, 0.15) is 12.8 Å². The zero-order chi connectivity index (χ0) is 9.10. The Morgan fingerprint density at radius 1 is 1.07 bits per heavy atom. The van der Waals surface area contributed by atoms with Gasteiger partial charge in [0, 0.05) is 0 Å². The van der Waals surface area contributed by atoms with Crippen LogP contribution in [-0.2, 0) is 27.7 Å². The third-order valence-corrected chi connectivity index (χ3v) is 3.24. The molecule has 3 heteroatoms. The van der Waals surface area contributed by atoms with E-state index in [1.54, 1.807) is 0 Å². The molecule has 1 nitrogen and oxygen atoms in total. The van der Waals surface area contributed by atoms with E-state index >= 15 is 0 Å². The van der Waals surface area contributed by atoms with Crippen LogP contribution in [0.3, 0.4) is 0 Å². The fraction of sp³-hybridized carbons (Fsp3) is 0.273. The predicted octanol–water partition coefficient (Wildman–Crippen LogP) is 3.03. The summed E-state index contributed by atoms with van der Waals surface area (Å²) in [7, 11) is 0. The maximum absolute atomic E-state index is 5.64. The molecule has 73 valence electrons. The summed E-state index contributed by atoms with van der Waals surface area (Å²) in [4.78, 5) is 0. The third-order valence-electron chi connectivity index (χ3n) is 2.39. The Hall–Kier alpha value is 0.0801. The van der Waals surface area contributed by atoms with Crippen molar-refractivity contribution in [1.82, 2.24) is 0 Å². The van der Waals surface area contributed by atoms with Crippen molar-refractivity contribution in [1.29, 1.82) is 0 Å². The van der Waals surface area contributed by atoms with E-state index < -0.39 is 0 Å². The molecule has 2 rings (SSSR count). The van der Waals surface area contributed by atoms with Crippen LogP contribution >= 0.6 is 12.4 Å². The Balaban J connectivity index is 0.000000980. The molecule has 0 aliphatic heterocycles. The summed E-state index contributed by atoms with van der Waals surface area (Å²) in [6.07, 6.45) is 15.4. The molecule has 0 unspecified atom stereocenters. The molecule has 0 heterocycles. The van der Waals surface area contributed by atoms with Crippen LogP contribution in [-0.4, -0.2) is 6.10 Å². The Bertz CT molecular complexity index is 285. The predicted molar refractivity (Wildman–Crippen MR) is 55.8 cm³/mol. The second kappa shape index (κ2) is 5.84. The molecular formula is C11H12ClHfO. The van der Waals surface area contributed by atoms with Crippen LogP contribution < -0.4 is 0 Å². The minimum absolute atomic E-state index is 0. The Kier molecular flexibility index (Phi) is 5.07. The van der Waals surface area contributed by atoms with Gasteiger partial charge >= 0.3 is 94.2 Å². The molecular weight excluding hydrogens is 362 g/mol. The van der Waals surface area contributed by atoms with E-state index in [0.29, 0.717) is 0 Å². The molecule has 0 spiro atoms. The Morgan fingerprint density at radius 2 is 1.57 bits per heavy atom. The van der Waals surface area contributed by atoms with E-state index in [9.17, 15) is 0 Å². The molecule has 0 amide bonds. The van der Waals surface area contributed by atoms with Crippen LogP contribution in [0.15, 0.2) is 47.6 Å². The van der Waals surface area contributed by atoms with Crippen molar-refractivity contribution < 1.29 is 27.7 Å². The average Bonchev–Trinajstić information content (AvgIpc) is 2.76. The molecule has 0 saturated carbocycles. The fourth-order valence-corrected chi connectivity index (χ4v) is 2.79. The summed E-state index contributed by atoms with van der Waals surface area (Å²) in [6, 6.07) is 0. The maximum atomic E-state index is 5.64. The summed E-state index contributed by atoms with van der Waals surface area (Å²) in [6.45, 7) is 0. The van der Waals surface area contributed by atoms with E-state index in [-0.39, 0.29) is 18.5 Å². The first-order valence-electron chi connectivity index (χ1n) is 4.45. The van der Waals surface area contributed by atoms with Crippen molar-refractivity contribution in [2.45, 2.75) is 18.9 Å². The molecule has 0 saturated heterocycles. The van der Waals surface area contributed by atoms with Crippen LogP contribution in [0.4, 0.5) is 0 Å². The van der Waals surface area contributed by atoms with E-state index in [4.69, 9.17) is 2.85 Å². The Morgan fingerprint density at radius 3 is 1.86 bits per heavy atom. The van der Waals surface area contributed by atoms with Gasteiger partial charge in [0.2, 0.25) is 0 Å². The average molecular weight is 374 g/mol. The summed E-state index contributed by atoms with van der Waals surface area (Å²) >= 11 is 0.805. The third kappa shape index (κ3) is 2.56. The van der Waals surface area contributed by atoms with E-state index in [0.717, 1.165) is 37.7 Å². The molecule has 2 aliphatic rings. The monoisotopic (exact) mass is 375 g/mol. The van der Waals surface area contributed by atoms with Gasteiger partial charge in [-0.3, -0.25) is 0 Å². The van der Waals surface area contributed by atoms with Crippen molar-refractivity contribution in [3.63, 3.8) is 0 Å². The van der Waals surface area contributed by atoms with Crippen molar-refractivity contribution in [2.24, 2.45) is 0 Å². The van der Waals surface area contributed by atoms with Gasteiger partial charge in [-0.05, 0) is 0 Å². The van der Waals surface area contributed by atoms with Crippen molar-refractivity contribution in [3.8, 4) is 0 Å². The number of halogens is 1. The summed E-state index contributed by atoms with van der Waals surface area (Å²) in [5.74, 6) is 0. The first-order valence-corrected chi connectivity index (χ1v) is 5.92. The molecule has 0 radical (unpaired) electrons. The zero-order valence-corrected chi connectivity index (χ0v) is 12.2. The van der Waals surface area contributed by atoms with Crippen LogP contribution in [0, 0.1) is 0 Å². The Labute approximate surface area is 106 Å². The second-order valence-corrected chi connectivity index (χ2v) is 4.09. The molecule has 2 aliphatic carbocycles. The molecule has 0 N–H and O–H groups in total. The summed E-state index contributed by atoms with van der Waals surface area (Å²) < 4.78 is 5.64. The van der Waals surface area contributed by atoms with Gasteiger partial charge in [-0.15, -0.1) is 12.4 Å².